The van der Waals surface area contributed by atoms with Crippen LogP contribution in [0.3, 0.4) is 0 Å². The summed E-state index contributed by atoms with van der Waals surface area (Å²) < 4.78 is 7.29. The van der Waals surface area contributed by atoms with E-state index in [9.17, 15) is 4.79 Å². The van der Waals surface area contributed by atoms with Gasteiger partial charge in [-0.1, -0.05) is 29.7 Å². The number of anilines is 1. The lowest BCUT2D eigenvalue weighted by atomic mass is 10.1. The summed E-state index contributed by atoms with van der Waals surface area (Å²) in [6.07, 6.45) is 5.93. The molecule has 1 aliphatic rings. The fourth-order valence-electron chi connectivity index (χ4n) is 3.60. The molecule has 0 N–H and O–H groups in total. The maximum absolute atomic E-state index is 12.7. The summed E-state index contributed by atoms with van der Waals surface area (Å²) in [6.45, 7) is 0.917. The molecule has 0 bridgehead atoms. The first-order valence-corrected chi connectivity index (χ1v) is 9.02. The molecule has 27 heavy (non-hydrogen) atoms. The van der Waals surface area contributed by atoms with Crippen LogP contribution in [0.5, 0.6) is 5.75 Å². The van der Waals surface area contributed by atoms with Crippen LogP contribution in [0.4, 0.5) is 5.69 Å². The number of fused-ring (bicyclic) bond motifs is 1. The van der Waals surface area contributed by atoms with Crippen LogP contribution >= 0.6 is 11.6 Å². The van der Waals surface area contributed by atoms with Crippen LogP contribution in [0, 0.1) is 12.3 Å². The van der Waals surface area contributed by atoms with Gasteiger partial charge >= 0.3 is 0 Å². The van der Waals surface area contributed by atoms with E-state index in [4.69, 9.17) is 27.7 Å². The standard InChI is InChI=1S/C21H18ClN3O2/c1-3-10-24-18-7-5-4-6-17(18)23-21(24)14-11-20(26)25(13-14)19-12-15(27-2)8-9-16(19)22/h1,4-9,12,14H,10-11,13H2,2H3/t14-/m1/s1. The molecule has 2 aromatic carbocycles. The molecule has 1 atom stereocenters. The van der Waals surface area contributed by atoms with E-state index < -0.39 is 0 Å². The van der Waals surface area contributed by atoms with Crippen molar-refractivity contribution in [3.63, 3.8) is 0 Å². The summed E-state index contributed by atoms with van der Waals surface area (Å²) in [7, 11) is 1.59. The number of ether oxygens (including phenoxy) is 1. The molecule has 2 heterocycles. The molecule has 6 heteroatoms. The van der Waals surface area contributed by atoms with Crippen molar-refractivity contribution in [2.75, 3.05) is 18.6 Å². The minimum Gasteiger partial charge on any atom is -0.497 e. The monoisotopic (exact) mass is 379 g/mol. The van der Waals surface area contributed by atoms with E-state index in [0.29, 0.717) is 36.0 Å². The number of hydrogen-bond donors (Lipinski definition) is 0. The van der Waals surface area contributed by atoms with Gasteiger partial charge in [0, 0.05) is 24.9 Å². The average molecular weight is 380 g/mol. The fourth-order valence-corrected chi connectivity index (χ4v) is 3.82. The first-order valence-electron chi connectivity index (χ1n) is 8.65. The summed E-state index contributed by atoms with van der Waals surface area (Å²) in [6, 6.07) is 13.2. The van der Waals surface area contributed by atoms with Crippen LogP contribution in [0.2, 0.25) is 5.02 Å². The topological polar surface area (TPSA) is 47.4 Å². The van der Waals surface area contributed by atoms with Crippen LogP contribution in [0.15, 0.2) is 42.5 Å². The van der Waals surface area contributed by atoms with Crippen molar-refractivity contribution < 1.29 is 9.53 Å². The maximum Gasteiger partial charge on any atom is 0.227 e. The largest absolute Gasteiger partial charge is 0.497 e. The third kappa shape index (κ3) is 3.02. The highest BCUT2D eigenvalue weighted by atomic mass is 35.5. The number of carbonyl (C=O) groups is 1. The average Bonchev–Trinajstić information content (AvgIpc) is 3.23. The van der Waals surface area contributed by atoms with Gasteiger partial charge in [-0.2, -0.15) is 0 Å². The van der Waals surface area contributed by atoms with Crippen molar-refractivity contribution in [2.24, 2.45) is 0 Å². The summed E-state index contributed by atoms with van der Waals surface area (Å²) in [5.74, 6) is 4.14. The third-order valence-corrected chi connectivity index (χ3v) is 5.19. The van der Waals surface area contributed by atoms with Crippen molar-refractivity contribution in [3.05, 3.63) is 53.3 Å². The molecule has 0 saturated carbocycles. The summed E-state index contributed by atoms with van der Waals surface area (Å²) >= 11 is 6.34. The number of terminal acetylenes is 1. The predicted octanol–water partition coefficient (Wildman–Crippen LogP) is 3.85. The lowest BCUT2D eigenvalue weighted by molar-refractivity contribution is -0.117. The predicted molar refractivity (Wildman–Crippen MR) is 106 cm³/mol. The van der Waals surface area contributed by atoms with Gasteiger partial charge in [0.15, 0.2) is 0 Å². The van der Waals surface area contributed by atoms with Gasteiger partial charge in [-0.3, -0.25) is 4.79 Å². The van der Waals surface area contributed by atoms with Gasteiger partial charge in [-0.15, -0.1) is 6.42 Å². The first kappa shape index (κ1) is 17.4. The number of imidazole rings is 1. The number of nitrogens with zero attached hydrogens (tertiary/aromatic N) is 3. The number of aromatic nitrogens is 2. The molecule has 1 saturated heterocycles. The van der Waals surface area contributed by atoms with Crippen molar-refractivity contribution in [1.82, 2.24) is 9.55 Å². The number of para-hydroxylation sites is 2. The zero-order valence-electron chi connectivity index (χ0n) is 14.9. The van der Waals surface area contributed by atoms with Crippen LogP contribution in [-0.4, -0.2) is 29.1 Å². The molecule has 3 aromatic rings. The molecule has 1 amide bonds. The second kappa shape index (κ2) is 6.98. The zero-order valence-corrected chi connectivity index (χ0v) is 15.6. The number of rotatable bonds is 4. The van der Waals surface area contributed by atoms with Crippen molar-refractivity contribution >= 4 is 34.2 Å². The van der Waals surface area contributed by atoms with Crippen LogP contribution < -0.4 is 9.64 Å². The normalized spacial score (nSPS) is 16.7. The van der Waals surface area contributed by atoms with Crippen molar-refractivity contribution in [1.29, 1.82) is 0 Å². The lowest BCUT2D eigenvalue weighted by Gasteiger charge is -2.19. The highest BCUT2D eigenvalue weighted by molar-refractivity contribution is 6.34. The smallest absolute Gasteiger partial charge is 0.227 e. The van der Waals surface area contributed by atoms with E-state index in [-0.39, 0.29) is 11.8 Å². The number of benzene rings is 2. The minimum atomic E-state index is -0.0551. The minimum absolute atomic E-state index is 0.00877. The van der Waals surface area contributed by atoms with E-state index in [1.165, 1.54) is 0 Å². The molecule has 5 nitrogen and oxygen atoms in total. The summed E-state index contributed by atoms with van der Waals surface area (Å²) in [4.78, 5) is 19.2. The second-order valence-corrected chi connectivity index (χ2v) is 6.88. The van der Waals surface area contributed by atoms with Crippen LogP contribution in [0.1, 0.15) is 18.2 Å². The quantitative estimate of drug-likeness (QED) is 0.647. The van der Waals surface area contributed by atoms with Crippen molar-refractivity contribution in [3.8, 4) is 18.1 Å². The second-order valence-electron chi connectivity index (χ2n) is 6.47. The van der Waals surface area contributed by atoms with Gasteiger partial charge in [-0.25, -0.2) is 4.98 Å². The Hall–Kier alpha value is -2.97. The van der Waals surface area contributed by atoms with E-state index in [1.807, 2.05) is 28.8 Å². The maximum atomic E-state index is 12.7. The summed E-state index contributed by atoms with van der Waals surface area (Å²) in [5.41, 5.74) is 2.52. The van der Waals surface area contributed by atoms with Crippen LogP contribution in [0.25, 0.3) is 11.0 Å². The molecule has 1 aliphatic heterocycles. The van der Waals surface area contributed by atoms with Crippen LogP contribution in [-0.2, 0) is 11.3 Å². The Labute approximate surface area is 162 Å². The molecule has 0 aliphatic carbocycles. The molecule has 1 aromatic heterocycles. The SMILES string of the molecule is C#CCn1c([C@@H]2CC(=O)N(c3cc(OC)ccc3Cl)C2)nc2ccccc21. The molecule has 4 rings (SSSR count). The number of hydrogen-bond acceptors (Lipinski definition) is 3. The summed E-state index contributed by atoms with van der Waals surface area (Å²) in [5, 5.41) is 0.516. The van der Waals surface area contributed by atoms with E-state index >= 15 is 0 Å². The van der Waals surface area contributed by atoms with E-state index in [1.54, 1.807) is 30.2 Å². The highest BCUT2D eigenvalue weighted by Gasteiger charge is 2.35. The number of methoxy groups -OCH3 is 1. The molecule has 0 radical (unpaired) electrons. The molecule has 0 unspecified atom stereocenters. The fraction of sp³-hybridized carbons (Fsp3) is 0.238. The molecule has 0 spiro atoms. The van der Waals surface area contributed by atoms with Gasteiger partial charge in [0.25, 0.3) is 0 Å². The molecule has 136 valence electrons. The lowest BCUT2D eigenvalue weighted by Crippen LogP contribution is -2.25. The van der Waals surface area contributed by atoms with E-state index in [0.717, 1.165) is 16.9 Å². The number of halogens is 1. The van der Waals surface area contributed by atoms with E-state index in [2.05, 4.69) is 5.92 Å². The Balaban J connectivity index is 1.72. The van der Waals surface area contributed by atoms with Gasteiger partial charge < -0.3 is 14.2 Å². The molecular weight excluding hydrogens is 362 g/mol. The molecule has 1 fully saturated rings. The zero-order chi connectivity index (χ0) is 19.0. The Kier molecular flexibility index (Phi) is 4.51. The first-order chi connectivity index (χ1) is 13.1. The van der Waals surface area contributed by atoms with Gasteiger partial charge in [0.05, 0.1) is 35.4 Å². The Morgan fingerprint density at radius 1 is 1.33 bits per heavy atom. The molecular formula is C21H18ClN3O2. The van der Waals surface area contributed by atoms with Gasteiger partial charge in [0.2, 0.25) is 5.91 Å². The number of amides is 1. The highest BCUT2D eigenvalue weighted by Crippen LogP contribution is 2.37. The Morgan fingerprint density at radius 2 is 2.15 bits per heavy atom. The van der Waals surface area contributed by atoms with Gasteiger partial charge in [0.1, 0.15) is 11.6 Å². The van der Waals surface area contributed by atoms with Gasteiger partial charge in [-0.05, 0) is 24.3 Å². The Morgan fingerprint density at radius 3 is 2.93 bits per heavy atom. The number of carbonyl (C=O) groups excluding carboxylic acids is 1. The third-order valence-electron chi connectivity index (χ3n) is 4.87. The van der Waals surface area contributed by atoms with Crippen molar-refractivity contribution in [2.45, 2.75) is 18.9 Å². The Bertz CT molecular complexity index is 1070.